The van der Waals surface area contributed by atoms with Crippen molar-refractivity contribution in [2.24, 2.45) is 0 Å². The number of aromatic nitrogens is 1. The van der Waals surface area contributed by atoms with Gasteiger partial charge in [0.15, 0.2) is 0 Å². The van der Waals surface area contributed by atoms with Gasteiger partial charge in [0.1, 0.15) is 5.82 Å². The van der Waals surface area contributed by atoms with Crippen LogP contribution in [0.4, 0.5) is 17.2 Å². The van der Waals surface area contributed by atoms with E-state index in [1.165, 1.54) is 5.56 Å². The van der Waals surface area contributed by atoms with Crippen LogP contribution in [0, 0.1) is 6.92 Å². The van der Waals surface area contributed by atoms with E-state index in [2.05, 4.69) is 31.5 Å². The van der Waals surface area contributed by atoms with Crippen LogP contribution in [0.25, 0.3) is 0 Å². The van der Waals surface area contributed by atoms with Crippen molar-refractivity contribution in [3.8, 4) is 0 Å². The maximum absolute atomic E-state index is 12.1. The average molecular weight is 382 g/mol. The number of carbonyl (C=O) groups is 1. The molecular formula is C19H16BrN3O. The molecule has 0 aliphatic heterocycles. The molecule has 0 saturated heterocycles. The number of halogens is 1. The number of nitrogens with one attached hydrogen (secondary N) is 2. The molecule has 0 bridgehead atoms. The van der Waals surface area contributed by atoms with Crippen molar-refractivity contribution < 1.29 is 4.79 Å². The Morgan fingerprint density at radius 3 is 2.42 bits per heavy atom. The van der Waals surface area contributed by atoms with Gasteiger partial charge < -0.3 is 10.6 Å². The summed E-state index contributed by atoms with van der Waals surface area (Å²) in [5.74, 6) is 0.339. The Bertz CT molecular complexity index is 848. The topological polar surface area (TPSA) is 54.0 Å². The molecule has 0 fully saturated rings. The van der Waals surface area contributed by atoms with Crippen LogP contribution in [0.1, 0.15) is 15.9 Å². The molecular weight excluding hydrogens is 366 g/mol. The van der Waals surface area contributed by atoms with E-state index in [0.29, 0.717) is 11.4 Å². The molecule has 0 spiro atoms. The second kappa shape index (κ2) is 7.27. The number of anilines is 3. The van der Waals surface area contributed by atoms with Crippen LogP contribution in [0.3, 0.4) is 0 Å². The Morgan fingerprint density at radius 2 is 1.75 bits per heavy atom. The molecule has 3 aromatic rings. The first-order valence-electron chi connectivity index (χ1n) is 7.47. The summed E-state index contributed by atoms with van der Waals surface area (Å²) < 4.78 is 1.05. The number of carbonyl (C=O) groups excluding carboxylic acids is 1. The van der Waals surface area contributed by atoms with Crippen molar-refractivity contribution in [2.75, 3.05) is 10.6 Å². The lowest BCUT2D eigenvalue weighted by atomic mass is 10.2. The summed E-state index contributed by atoms with van der Waals surface area (Å²) in [4.78, 5) is 16.4. The average Bonchev–Trinajstić information content (AvgIpc) is 2.61. The molecule has 4 nitrogen and oxygen atoms in total. The Hall–Kier alpha value is -2.66. The third-order valence-corrected chi connectivity index (χ3v) is 4.36. The van der Waals surface area contributed by atoms with E-state index < -0.39 is 0 Å². The van der Waals surface area contributed by atoms with Gasteiger partial charge in [0, 0.05) is 15.7 Å². The van der Waals surface area contributed by atoms with Gasteiger partial charge in [0.2, 0.25) is 0 Å². The third kappa shape index (κ3) is 4.00. The van der Waals surface area contributed by atoms with Gasteiger partial charge in [-0.3, -0.25) is 4.79 Å². The highest BCUT2D eigenvalue weighted by Crippen LogP contribution is 2.23. The Labute approximate surface area is 149 Å². The molecule has 1 heterocycles. The van der Waals surface area contributed by atoms with Gasteiger partial charge in [0.05, 0.1) is 11.9 Å². The number of hydrogen-bond donors (Lipinski definition) is 2. The lowest BCUT2D eigenvalue weighted by Crippen LogP contribution is -2.12. The van der Waals surface area contributed by atoms with E-state index in [1.54, 1.807) is 24.4 Å². The van der Waals surface area contributed by atoms with Crippen molar-refractivity contribution in [3.05, 3.63) is 82.5 Å². The molecule has 1 aromatic heterocycles. The number of amides is 1. The first-order chi connectivity index (χ1) is 11.6. The third-order valence-electron chi connectivity index (χ3n) is 3.50. The lowest BCUT2D eigenvalue weighted by molar-refractivity contribution is 0.102. The van der Waals surface area contributed by atoms with Gasteiger partial charge in [-0.2, -0.15) is 0 Å². The van der Waals surface area contributed by atoms with Crippen molar-refractivity contribution >= 4 is 39.0 Å². The molecule has 5 heteroatoms. The highest BCUT2D eigenvalue weighted by atomic mass is 79.9. The summed E-state index contributed by atoms with van der Waals surface area (Å²) in [6.45, 7) is 2.04. The van der Waals surface area contributed by atoms with Crippen molar-refractivity contribution in [1.29, 1.82) is 0 Å². The SMILES string of the molecule is Cc1ccc(Nc2ccc(NC(=O)c3ccccc3)nc2)cc1Br. The van der Waals surface area contributed by atoms with Crippen molar-refractivity contribution in [2.45, 2.75) is 6.92 Å². The predicted molar refractivity (Wildman–Crippen MR) is 101 cm³/mol. The lowest BCUT2D eigenvalue weighted by Gasteiger charge is -2.09. The Morgan fingerprint density at radius 1 is 1.00 bits per heavy atom. The molecule has 2 aromatic carbocycles. The van der Waals surface area contributed by atoms with E-state index in [1.807, 2.05) is 49.4 Å². The van der Waals surface area contributed by atoms with E-state index >= 15 is 0 Å². The Balaban J connectivity index is 1.67. The molecule has 0 atom stereocenters. The summed E-state index contributed by atoms with van der Waals surface area (Å²) in [5, 5.41) is 6.06. The van der Waals surface area contributed by atoms with Crippen LogP contribution in [-0.4, -0.2) is 10.9 Å². The molecule has 24 heavy (non-hydrogen) atoms. The van der Waals surface area contributed by atoms with Gasteiger partial charge in [-0.1, -0.05) is 40.2 Å². The largest absolute Gasteiger partial charge is 0.354 e. The molecule has 0 aliphatic carbocycles. The van der Waals surface area contributed by atoms with E-state index in [0.717, 1.165) is 15.8 Å². The van der Waals surface area contributed by atoms with E-state index in [-0.39, 0.29) is 5.91 Å². The van der Waals surface area contributed by atoms with Gasteiger partial charge >= 0.3 is 0 Å². The molecule has 120 valence electrons. The fraction of sp³-hybridized carbons (Fsp3) is 0.0526. The predicted octanol–water partition coefficient (Wildman–Crippen LogP) is 5.15. The minimum atomic E-state index is -0.175. The summed E-state index contributed by atoms with van der Waals surface area (Å²) in [6.07, 6.45) is 1.69. The Kier molecular flexibility index (Phi) is 4.91. The van der Waals surface area contributed by atoms with Crippen LogP contribution >= 0.6 is 15.9 Å². The van der Waals surface area contributed by atoms with Crippen LogP contribution in [0.15, 0.2) is 71.3 Å². The number of rotatable bonds is 4. The summed E-state index contributed by atoms with van der Waals surface area (Å²) in [6, 6.07) is 18.8. The van der Waals surface area contributed by atoms with Crippen LogP contribution in [-0.2, 0) is 0 Å². The fourth-order valence-electron chi connectivity index (χ4n) is 2.16. The maximum atomic E-state index is 12.1. The minimum Gasteiger partial charge on any atom is -0.354 e. The summed E-state index contributed by atoms with van der Waals surface area (Å²) in [7, 11) is 0. The van der Waals surface area contributed by atoms with Crippen LogP contribution in [0.5, 0.6) is 0 Å². The van der Waals surface area contributed by atoms with Crippen LogP contribution in [0.2, 0.25) is 0 Å². The summed E-state index contributed by atoms with van der Waals surface area (Å²) >= 11 is 3.52. The molecule has 0 unspecified atom stereocenters. The molecule has 0 radical (unpaired) electrons. The normalized spacial score (nSPS) is 10.2. The number of hydrogen-bond acceptors (Lipinski definition) is 3. The van der Waals surface area contributed by atoms with E-state index in [9.17, 15) is 4.79 Å². The molecule has 3 rings (SSSR count). The second-order valence-corrected chi connectivity index (χ2v) is 6.20. The van der Waals surface area contributed by atoms with Crippen molar-refractivity contribution in [3.63, 3.8) is 0 Å². The fourth-order valence-corrected chi connectivity index (χ4v) is 2.54. The van der Waals surface area contributed by atoms with Gasteiger partial charge in [-0.05, 0) is 48.9 Å². The first-order valence-corrected chi connectivity index (χ1v) is 8.27. The zero-order chi connectivity index (χ0) is 16.9. The molecule has 1 amide bonds. The maximum Gasteiger partial charge on any atom is 0.256 e. The smallest absolute Gasteiger partial charge is 0.256 e. The molecule has 0 saturated carbocycles. The molecule has 0 aliphatic rings. The highest BCUT2D eigenvalue weighted by Gasteiger charge is 2.06. The number of aryl methyl sites for hydroxylation is 1. The minimum absolute atomic E-state index is 0.175. The van der Waals surface area contributed by atoms with Gasteiger partial charge in [-0.25, -0.2) is 4.98 Å². The zero-order valence-corrected chi connectivity index (χ0v) is 14.7. The quantitative estimate of drug-likeness (QED) is 0.656. The standard InChI is InChI=1S/C19H16BrN3O/c1-13-7-8-15(11-17(13)20)22-16-9-10-18(21-12-16)23-19(24)14-5-3-2-4-6-14/h2-12,22H,1H3,(H,21,23,24). The van der Waals surface area contributed by atoms with Crippen molar-refractivity contribution in [1.82, 2.24) is 4.98 Å². The molecule has 2 N–H and O–H groups in total. The van der Waals surface area contributed by atoms with Gasteiger partial charge in [-0.15, -0.1) is 0 Å². The second-order valence-electron chi connectivity index (χ2n) is 5.34. The zero-order valence-electron chi connectivity index (χ0n) is 13.1. The highest BCUT2D eigenvalue weighted by molar-refractivity contribution is 9.10. The number of pyridine rings is 1. The van der Waals surface area contributed by atoms with E-state index in [4.69, 9.17) is 0 Å². The number of nitrogens with zero attached hydrogens (tertiary/aromatic N) is 1. The number of benzene rings is 2. The van der Waals surface area contributed by atoms with Gasteiger partial charge in [0.25, 0.3) is 5.91 Å². The summed E-state index contributed by atoms with van der Waals surface area (Å²) in [5.41, 5.74) is 3.60. The first kappa shape index (κ1) is 16.2. The monoisotopic (exact) mass is 381 g/mol. The van der Waals surface area contributed by atoms with Crippen LogP contribution < -0.4 is 10.6 Å².